The minimum atomic E-state index is -0.164. The number of pyridine rings is 1. The number of hydrogen-bond donors (Lipinski definition) is 1. The number of halogens is 1. The predicted octanol–water partition coefficient (Wildman–Crippen LogP) is 2.78. The summed E-state index contributed by atoms with van der Waals surface area (Å²) in [7, 11) is 0. The van der Waals surface area contributed by atoms with Gasteiger partial charge in [-0.05, 0) is 43.4 Å². The SMILES string of the molecule is O=C1NN(C2CC2)CCc2ncc(Cl)cc2[C@H]2CCCN2c2ccn3ncc1c3n2. The van der Waals surface area contributed by atoms with Gasteiger partial charge in [-0.15, -0.1) is 0 Å². The third-order valence-corrected chi connectivity index (χ3v) is 6.50. The van der Waals surface area contributed by atoms with Gasteiger partial charge in [-0.3, -0.25) is 15.2 Å². The number of nitrogens with one attached hydrogen (secondary N) is 1. The number of rotatable bonds is 1. The molecule has 9 heteroatoms. The van der Waals surface area contributed by atoms with Crippen LogP contribution in [0.15, 0.2) is 30.7 Å². The van der Waals surface area contributed by atoms with Crippen molar-refractivity contribution in [3.05, 3.63) is 52.6 Å². The molecule has 2 aliphatic heterocycles. The predicted molar refractivity (Wildman–Crippen MR) is 112 cm³/mol. The van der Waals surface area contributed by atoms with Crippen LogP contribution < -0.4 is 10.3 Å². The van der Waals surface area contributed by atoms with Crippen molar-refractivity contribution in [3.8, 4) is 0 Å². The molecule has 5 heterocycles. The third-order valence-electron chi connectivity index (χ3n) is 6.30. The lowest BCUT2D eigenvalue weighted by molar-refractivity contribution is 0.0775. The molecular weight excluding hydrogens is 402 g/mol. The van der Waals surface area contributed by atoms with Crippen LogP contribution in [0.5, 0.6) is 0 Å². The molecule has 0 radical (unpaired) electrons. The van der Waals surface area contributed by atoms with Gasteiger partial charge in [0.05, 0.1) is 17.3 Å². The second kappa shape index (κ2) is 6.92. The van der Waals surface area contributed by atoms with E-state index in [0.29, 0.717) is 28.8 Å². The summed E-state index contributed by atoms with van der Waals surface area (Å²) in [5.41, 5.74) is 6.38. The van der Waals surface area contributed by atoms with E-state index < -0.39 is 0 Å². The van der Waals surface area contributed by atoms with Gasteiger partial charge >= 0.3 is 0 Å². The third kappa shape index (κ3) is 3.02. The van der Waals surface area contributed by atoms with Gasteiger partial charge in [0.1, 0.15) is 11.4 Å². The number of aromatic nitrogens is 4. The fourth-order valence-corrected chi connectivity index (χ4v) is 4.82. The molecule has 1 saturated carbocycles. The molecule has 1 amide bonds. The highest BCUT2D eigenvalue weighted by Crippen LogP contribution is 2.38. The van der Waals surface area contributed by atoms with E-state index in [9.17, 15) is 4.79 Å². The van der Waals surface area contributed by atoms with Crippen LogP contribution in [-0.4, -0.2) is 49.6 Å². The van der Waals surface area contributed by atoms with Gasteiger partial charge in [-0.1, -0.05) is 11.6 Å². The van der Waals surface area contributed by atoms with Gasteiger partial charge in [0, 0.05) is 43.6 Å². The molecule has 1 atom stereocenters. The van der Waals surface area contributed by atoms with Gasteiger partial charge < -0.3 is 4.90 Å². The number of carbonyl (C=O) groups excluding carboxylic acids is 1. The maximum Gasteiger partial charge on any atom is 0.271 e. The van der Waals surface area contributed by atoms with Crippen molar-refractivity contribution in [1.29, 1.82) is 0 Å². The zero-order chi connectivity index (χ0) is 20.2. The first kappa shape index (κ1) is 18.1. The Labute approximate surface area is 178 Å². The molecule has 0 unspecified atom stereocenters. The Bertz CT molecular complexity index is 1140. The molecule has 0 spiro atoms. The molecule has 1 N–H and O–H groups in total. The molecular formula is C21H22ClN7O. The van der Waals surface area contributed by atoms with E-state index in [1.807, 2.05) is 12.3 Å². The van der Waals surface area contributed by atoms with Crippen LogP contribution in [-0.2, 0) is 6.42 Å². The maximum absolute atomic E-state index is 13.1. The van der Waals surface area contributed by atoms with Gasteiger partial charge in [-0.25, -0.2) is 14.5 Å². The first-order chi connectivity index (χ1) is 14.7. The zero-order valence-corrected chi connectivity index (χ0v) is 17.2. The van der Waals surface area contributed by atoms with Crippen molar-refractivity contribution in [2.24, 2.45) is 0 Å². The lowest BCUT2D eigenvalue weighted by atomic mass is 10.0. The van der Waals surface area contributed by atoms with Gasteiger partial charge in [0.25, 0.3) is 5.91 Å². The summed E-state index contributed by atoms with van der Waals surface area (Å²) in [4.78, 5) is 24.9. The van der Waals surface area contributed by atoms with Crippen molar-refractivity contribution >= 4 is 29.0 Å². The zero-order valence-electron chi connectivity index (χ0n) is 16.5. The fourth-order valence-electron chi connectivity index (χ4n) is 4.66. The van der Waals surface area contributed by atoms with E-state index in [1.165, 1.54) is 0 Å². The quantitative estimate of drug-likeness (QED) is 0.648. The fraction of sp³-hybridized carbons (Fsp3) is 0.429. The largest absolute Gasteiger partial charge is 0.349 e. The summed E-state index contributed by atoms with van der Waals surface area (Å²) in [5, 5.41) is 7.04. The van der Waals surface area contributed by atoms with E-state index in [0.717, 1.165) is 55.7 Å². The lowest BCUT2D eigenvalue weighted by Crippen LogP contribution is -2.45. The molecule has 2 bridgehead atoms. The summed E-state index contributed by atoms with van der Waals surface area (Å²) in [6, 6.07) is 4.57. The average molecular weight is 424 g/mol. The lowest BCUT2D eigenvalue weighted by Gasteiger charge is -2.28. The van der Waals surface area contributed by atoms with Crippen LogP contribution in [0.4, 0.5) is 5.82 Å². The van der Waals surface area contributed by atoms with Crippen LogP contribution in [0.2, 0.25) is 5.02 Å². The Morgan fingerprint density at radius 3 is 2.93 bits per heavy atom. The molecule has 30 heavy (non-hydrogen) atoms. The van der Waals surface area contributed by atoms with Gasteiger partial charge in [0.15, 0.2) is 5.65 Å². The maximum atomic E-state index is 13.1. The van der Waals surface area contributed by atoms with Crippen LogP contribution in [0.3, 0.4) is 0 Å². The second-order valence-electron chi connectivity index (χ2n) is 8.27. The average Bonchev–Trinajstić information content (AvgIpc) is 3.32. The summed E-state index contributed by atoms with van der Waals surface area (Å²) >= 11 is 6.35. The number of fused-ring (bicyclic) bond motifs is 5. The van der Waals surface area contributed by atoms with E-state index in [1.54, 1.807) is 16.9 Å². The summed E-state index contributed by atoms with van der Waals surface area (Å²) in [6.07, 6.45) is 10.2. The molecule has 6 rings (SSSR count). The van der Waals surface area contributed by atoms with Crippen molar-refractivity contribution in [3.63, 3.8) is 0 Å². The number of hydrazine groups is 1. The minimum absolute atomic E-state index is 0.164. The van der Waals surface area contributed by atoms with E-state index >= 15 is 0 Å². The van der Waals surface area contributed by atoms with Crippen molar-refractivity contribution in [2.75, 3.05) is 18.0 Å². The first-order valence-electron chi connectivity index (χ1n) is 10.5. The standard InChI is InChI=1S/C21H22ClN7O/c22-13-10-15-17(23-11-13)5-8-28(14-3-4-14)26-21(30)16-12-24-29-9-6-19(25-20(16)29)27-7-1-2-18(15)27/h6,9-12,14,18H,1-5,7-8H2,(H,26,30)/t18-/m1/s1. The van der Waals surface area contributed by atoms with Crippen LogP contribution in [0, 0.1) is 0 Å². The Morgan fingerprint density at radius 2 is 2.07 bits per heavy atom. The topological polar surface area (TPSA) is 78.7 Å². The van der Waals surface area contributed by atoms with Crippen LogP contribution in [0.25, 0.3) is 5.65 Å². The Morgan fingerprint density at radius 1 is 1.17 bits per heavy atom. The highest BCUT2D eigenvalue weighted by atomic mass is 35.5. The van der Waals surface area contributed by atoms with Gasteiger partial charge in [0.2, 0.25) is 0 Å². The highest BCUT2D eigenvalue weighted by molar-refractivity contribution is 6.30. The molecule has 1 aliphatic carbocycles. The molecule has 3 aromatic rings. The van der Waals surface area contributed by atoms with E-state index in [2.05, 4.69) is 31.5 Å². The number of hydrogen-bond acceptors (Lipinski definition) is 6. The van der Waals surface area contributed by atoms with Gasteiger partial charge in [-0.2, -0.15) is 5.10 Å². The Hall–Kier alpha value is -2.71. The molecule has 0 aromatic carbocycles. The number of anilines is 1. The highest BCUT2D eigenvalue weighted by Gasteiger charge is 2.34. The number of amides is 1. The molecule has 3 aromatic heterocycles. The minimum Gasteiger partial charge on any atom is -0.349 e. The monoisotopic (exact) mass is 423 g/mol. The van der Waals surface area contributed by atoms with Crippen molar-refractivity contribution in [1.82, 2.24) is 30.0 Å². The van der Waals surface area contributed by atoms with E-state index in [4.69, 9.17) is 16.6 Å². The Balaban J connectivity index is 1.51. The molecule has 8 nitrogen and oxygen atoms in total. The Kier molecular flexibility index (Phi) is 4.17. The number of nitrogens with zero attached hydrogens (tertiary/aromatic N) is 6. The van der Waals surface area contributed by atoms with Crippen LogP contribution in [0.1, 0.15) is 53.3 Å². The summed E-state index contributed by atoms with van der Waals surface area (Å²) < 4.78 is 1.66. The normalized spacial score (nSPS) is 22.2. The molecule has 2 fully saturated rings. The molecule has 1 saturated heterocycles. The second-order valence-corrected chi connectivity index (χ2v) is 8.70. The molecule has 3 aliphatic rings. The van der Waals surface area contributed by atoms with Crippen molar-refractivity contribution in [2.45, 2.75) is 44.2 Å². The summed E-state index contributed by atoms with van der Waals surface area (Å²) in [5.74, 6) is 0.687. The van der Waals surface area contributed by atoms with Crippen molar-refractivity contribution < 1.29 is 4.79 Å². The van der Waals surface area contributed by atoms with E-state index in [-0.39, 0.29) is 11.9 Å². The number of carbonyl (C=O) groups is 1. The summed E-state index contributed by atoms with van der Waals surface area (Å²) in [6.45, 7) is 1.61. The van der Waals surface area contributed by atoms with Crippen LogP contribution >= 0.6 is 11.6 Å². The first-order valence-corrected chi connectivity index (χ1v) is 10.9. The molecule has 154 valence electrons. The smallest absolute Gasteiger partial charge is 0.271 e.